The number of nitrogens with two attached hydrogens (primary N) is 1. The smallest absolute Gasteiger partial charge is 0.222 e. The van der Waals surface area contributed by atoms with Gasteiger partial charge in [0, 0.05) is 19.2 Å². The molecule has 1 heterocycles. The number of carbonyl (C=O) groups excluding carboxylic acids is 1. The third kappa shape index (κ3) is 4.04. The van der Waals surface area contributed by atoms with Crippen LogP contribution in [0.2, 0.25) is 0 Å². The summed E-state index contributed by atoms with van der Waals surface area (Å²) in [5, 5.41) is 5.72. The molecular formula is C12H17N5O. The van der Waals surface area contributed by atoms with Gasteiger partial charge in [0.2, 0.25) is 5.91 Å². The van der Waals surface area contributed by atoms with Crippen molar-refractivity contribution in [1.29, 1.82) is 0 Å². The van der Waals surface area contributed by atoms with Crippen LogP contribution in [0.4, 0.5) is 5.82 Å². The van der Waals surface area contributed by atoms with E-state index >= 15 is 0 Å². The third-order valence-electron chi connectivity index (χ3n) is 2.49. The summed E-state index contributed by atoms with van der Waals surface area (Å²) < 4.78 is 0. The fraction of sp³-hybridized carbons (Fsp3) is 0.417. The molecule has 0 spiro atoms. The lowest BCUT2D eigenvalue weighted by Crippen LogP contribution is -2.33. The van der Waals surface area contributed by atoms with Crippen LogP contribution >= 0.6 is 0 Å². The molecule has 0 radical (unpaired) electrons. The zero-order valence-corrected chi connectivity index (χ0v) is 10.3. The molecule has 0 aliphatic heterocycles. The van der Waals surface area contributed by atoms with E-state index in [1.54, 1.807) is 12.3 Å². The molecule has 2 rings (SSSR count). The molecule has 1 aromatic rings. The largest absolute Gasteiger partial charge is 0.370 e. The Morgan fingerprint density at radius 1 is 1.56 bits per heavy atom. The normalized spacial score (nSPS) is 15.3. The van der Waals surface area contributed by atoms with Crippen molar-refractivity contribution in [3.05, 3.63) is 23.9 Å². The Bertz CT molecular complexity index is 450. The van der Waals surface area contributed by atoms with Crippen LogP contribution in [0.15, 0.2) is 23.3 Å². The highest BCUT2D eigenvalue weighted by molar-refractivity contribution is 5.87. The first kappa shape index (κ1) is 12.3. The van der Waals surface area contributed by atoms with Gasteiger partial charge < -0.3 is 16.4 Å². The van der Waals surface area contributed by atoms with Crippen molar-refractivity contribution in [1.82, 2.24) is 10.3 Å². The van der Waals surface area contributed by atoms with Crippen LogP contribution in [0.1, 0.15) is 25.3 Å². The van der Waals surface area contributed by atoms with Crippen LogP contribution in [0.5, 0.6) is 0 Å². The SMILES string of the molecule is CC(=O)Nc1ccc(CN=C(N)NC2CC2)cn1. The van der Waals surface area contributed by atoms with E-state index in [9.17, 15) is 4.79 Å². The van der Waals surface area contributed by atoms with Crippen molar-refractivity contribution in [2.45, 2.75) is 32.4 Å². The summed E-state index contributed by atoms with van der Waals surface area (Å²) in [6.45, 7) is 1.93. The Kier molecular flexibility index (Phi) is 3.76. The molecule has 6 heteroatoms. The number of rotatable bonds is 4. The predicted molar refractivity (Wildman–Crippen MR) is 70.0 cm³/mol. The topological polar surface area (TPSA) is 92.4 Å². The summed E-state index contributed by atoms with van der Waals surface area (Å²) in [7, 11) is 0. The lowest BCUT2D eigenvalue weighted by molar-refractivity contribution is -0.114. The molecule has 1 aliphatic carbocycles. The lowest BCUT2D eigenvalue weighted by atomic mass is 10.3. The second kappa shape index (κ2) is 5.48. The van der Waals surface area contributed by atoms with E-state index in [1.807, 2.05) is 6.07 Å². The van der Waals surface area contributed by atoms with Gasteiger partial charge >= 0.3 is 0 Å². The van der Waals surface area contributed by atoms with E-state index in [1.165, 1.54) is 19.8 Å². The van der Waals surface area contributed by atoms with Gasteiger partial charge in [-0.2, -0.15) is 0 Å². The first-order valence-corrected chi connectivity index (χ1v) is 5.92. The standard InChI is InChI=1S/C12H17N5O/c1-8(18)16-11-5-2-9(6-14-11)7-15-12(13)17-10-3-4-10/h2,5-6,10H,3-4,7H2,1H3,(H3,13,15,17)(H,14,16,18). The number of amides is 1. The lowest BCUT2D eigenvalue weighted by Gasteiger charge is -2.04. The van der Waals surface area contributed by atoms with Crippen LogP contribution in [-0.4, -0.2) is 22.9 Å². The predicted octanol–water partition coefficient (Wildman–Crippen LogP) is 0.607. The Hall–Kier alpha value is -2.11. The fourth-order valence-corrected chi connectivity index (χ4v) is 1.43. The van der Waals surface area contributed by atoms with Gasteiger partial charge in [0.25, 0.3) is 0 Å². The number of nitrogens with one attached hydrogen (secondary N) is 2. The number of anilines is 1. The molecule has 18 heavy (non-hydrogen) atoms. The summed E-state index contributed by atoms with van der Waals surface area (Å²) >= 11 is 0. The highest BCUT2D eigenvalue weighted by Crippen LogP contribution is 2.18. The number of hydrogen-bond acceptors (Lipinski definition) is 3. The average molecular weight is 247 g/mol. The van der Waals surface area contributed by atoms with E-state index in [-0.39, 0.29) is 5.91 Å². The molecule has 0 bridgehead atoms. The summed E-state index contributed by atoms with van der Waals surface area (Å²) in [4.78, 5) is 19.2. The maximum absolute atomic E-state index is 10.8. The van der Waals surface area contributed by atoms with Crippen molar-refractivity contribution in [2.75, 3.05) is 5.32 Å². The minimum Gasteiger partial charge on any atom is -0.370 e. The van der Waals surface area contributed by atoms with Crippen LogP contribution in [0.3, 0.4) is 0 Å². The number of carbonyl (C=O) groups is 1. The molecule has 0 unspecified atom stereocenters. The van der Waals surface area contributed by atoms with Crippen molar-refractivity contribution in [3.63, 3.8) is 0 Å². The summed E-state index contributed by atoms with van der Waals surface area (Å²) in [6.07, 6.45) is 4.02. The number of nitrogens with zero attached hydrogens (tertiary/aromatic N) is 2. The van der Waals surface area contributed by atoms with Gasteiger partial charge in [0.1, 0.15) is 5.82 Å². The highest BCUT2D eigenvalue weighted by Gasteiger charge is 2.21. The molecule has 96 valence electrons. The molecule has 0 atom stereocenters. The molecule has 1 fully saturated rings. The molecule has 1 amide bonds. The maximum atomic E-state index is 10.8. The molecule has 4 N–H and O–H groups in total. The summed E-state index contributed by atoms with van der Waals surface area (Å²) in [5.74, 6) is 0.883. The number of aromatic nitrogens is 1. The third-order valence-corrected chi connectivity index (χ3v) is 2.49. The van der Waals surface area contributed by atoms with E-state index in [0.29, 0.717) is 24.4 Å². The van der Waals surface area contributed by atoms with Gasteiger partial charge in [-0.05, 0) is 24.5 Å². The Morgan fingerprint density at radius 2 is 2.33 bits per heavy atom. The van der Waals surface area contributed by atoms with Crippen LogP contribution in [0.25, 0.3) is 0 Å². The molecule has 0 aromatic carbocycles. The van der Waals surface area contributed by atoms with E-state index < -0.39 is 0 Å². The van der Waals surface area contributed by atoms with Crippen molar-refractivity contribution < 1.29 is 4.79 Å². The van der Waals surface area contributed by atoms with Crippen LogP contribution < -0.4 is 16.4 Å². The number of pyridine rings is 1. The number of guanidine groups is 1. The zero-order valence-electron chi connectivity index (χ0n) is 10.3. The van der Waals surface area contributed by atoms with Gasteiger partial charge in [-0.25, -0.2) is 9.98 Å². The van der Waals surface area contributed by atoms with Gasteiger partial charge in [0.05, 0.1) is 6.54 Å². The Labute approximate surface area is 106 Å². The first-order chi connectivity index (χ1) is 8.63. The van der Waals surface area contributed by atoms with Gasteiger partial charge in [-0.3, -0.25) is 4.79 Å². The number of hydrogen-bond donors (Lipinski definition) is 3. The van der Waals surface area contributed by atoms with Crippen molar-refractivity contribution in [2.24, 2.45) is 10.7 Å². The van der Waals surface area contributed by atoms with Gasteiger partial charge in [0.15, 0.2) is 5.96 Å². The zero-order chi connectivity index (χ0) is 13.0. The van der Waals surface area contributed by atoms with Gasteiger partial charge in [-0.1, -0.05) is 6.07 Å². The Balaban J connectivity index is 1.86. The average Bonchev–Trinajstić information content (AvgIpc) is 3.11. The second-order valence-corrected chi connectivity index (χ2v) is 4.35. The summed E-state index contributed by atoms with van der Waals surface area (Å²) in [5.41, 5.74) is 6.67. The van der Waals surface area contributed by atoms with Crippen LogP contribution in [0, 0.1) is 0 Å². The number of aliphatic imine (C=N–C) groups is 1. The van der Waals surface area contributed by atoms with Crippen molar-refractivity contribution in [3.8, 4) is 0 Å². The molecule has 1 aromatic heterocycles. The fourth-order valence-electron chi connectivity index (χ4n) is 1.43. The van der Waals surface area contributed by atoms with Gasteiger partial charge in [-0.15, -0.1) is 0 Å². The summed E-state index contributed by atoms with van der Waals surface area (Å²) in [6, 6.07) is 4.12. The molecule has 1 aliphatic rings. The molecule has 1 saturated carbocycles. The van der Waals surface area contributed by atoms with Crippen molar-refractivity contribution >= 4 is 17.7 Å². The second-order valence-electron chi connectivity index (χ2n) is 4.35. The molecule has 6 nitrogen and oxygen atoms in total. The van der Waals surface area contributed by atoms with Crippen LogP contribution in [-0.2, 0) is 11.3 Å². The monoisotopic (exact) mass is 247 g/mol. The minimum atomic E-state index is -0.133. The quantitative estimate of drug-likeness (QED) is 0.537. The minimum absolute atomic E-state index is 0.133. The first-order valence-electron chi connectivity index (χ1n) is 5.92. The Morgan fingerprint density at radius 3 is 2.89 bits per heavy atom. The maximum Gasteiger partial charge on any atom is 0.222 e. The molecule has 0 saturated heterocycles. The van der Waals surface area contributed by atoms with E-state index in [4.69, 9.17) is 5.73 Å². The van der Waals surface area contributed by atoms with E-state index in [0.717, 1.165) is 5.56 Å². The highest BCUT2D eigenvalue weighted by atomic mass is 16.1. The van der Waals surface area contributed by atoms with E-state index in [2.05, 4.69) is 20.6 Å². The molecular weight excluding hydrogens is 230 g/mol.